The van der Waals surface area contributed by atoms with E-state index in [-0.39, 0.29) is 29.3 Å². The molecule has 2 aromatic rings. The zero-order valence-electron chi connectivity index (χ0n) is 15.2. The fourth-order valence-corrected chi connectivity index (χ4v) is 5.18. The fraction of sp³-hybridized carbons (Fsp3) is 0.318. The van der Waals surface area contributed by atoms with Gasteiger partial charge in [-0.25, -0.2) is 0 Å². The monoisotopic (exact) mass is 364 g/mol. The highest BCUT2D eigenvalue weighted by atomic mass is 16.5. The standard InChI is InChI=1S/C22H20O5/c1-26-21-18-10(4-3-5-13(18)23)16-11-6-8-14(24)20-15(25)9-7-12(17(11)20)19(16)22(21)27-2/h3-5,7,9,19,21-23,25H,6,8H2,1-2H3/t19?,21-,22+/m0/s1. The van der Waals surface area contributed by atoms with Crippen LogP contribution in [-0.2, 0) is 9.47 Å². The third-order valence-electron chi connectivity index (χ3n) is 6.18. The van der Waals surface area contributed by atoms with Gasteiger partial charge in [0.05, 0.1) is 11.7 Å². The average Bonchev–Trinajstić information content (AvgIpc) is 3.00. The minimum absolute atomic E-state index is 0.0271. The molecule has 2 N–H and O–H groups in total. The summed E-state index contributed by atoms with van der Waals surface area (Å²) < 4.78 is 11.6. The van der Waals surface area contributed by atoms with Crippen molar-refractivity contribution in [3.63, 3.8) is 0 Å². The largest absolute Gasteiger partial charge is 0.508 e. The number of phenolic OH excluding ortho intramolecular Hbond substituents is 2. The van der Waals surface area contributed by atoms with E-state index in [4.69, 9.17) is 9.47 Å². The number of allylic oxidation sites excluding steroid dienone is 1. The molecule has 0 aliphatic heterocycles. The first-order valence-corrected chi connectivity index (χ1v) is 9.08. The average molecular weight is 364 g/mol. The van der Waals surface area contributed by atoms with E-state index in [2.05, 4.69) is 0 Å². The van der Waals surface area contributed by atoms with Crippen molar-refractivity contribution < 1.29 is 24.5 Å². The third kappa shape index (κ3) is 1.98. The summed E-state index contributed by atoms with van der Waals surface area (Å²) >= 11 is 0. The SMILES string of the molecule is CO[C@@H]1C2C(=C3CCC(=O)c4c(O)ccc2c43)c2cccc(O)c2[C@@H]1OC. The summed E-state index contributed by atoms with van der Waals surface area (Å²) in [6.45, 7) is 0. The summed E-state index contributed by atoms with van der Waals surface area (Å²) in [4.78, 5) is 12.5. The van der Waals surface area contributed by atoms with Gasteiger partial charge >= 0.3 is 0 Å². The summed E-state index contributed by atoms with van der Waals surface area (Å²) in [7, 11) is 3.26. The maximum Gasteiger partial charge on any atom is 0.167 e. The fourth-order valence-electron chi connectivity index (χ4n) is 5.18. The highest BCUT2D eigenvalue weighted by Crippen LogP contribution is 2.60. The molecule has 5 nitrogen and oxygen atoms in total. The summed E-state index contributed by atoms with van der Waals surface area (Å²) in [6, 6.07) is 8.96. The van der Waals surface area contributed by atoms with Crippen LogP contribution in [0.25, 0.3) is 11.1 Å². The Balaban J connectivity index is 1.89. The van der Waals surface area contributed by atoms with E-state index >= 15 is 0 Å². The Labute approximate surface area is 156 Å². The molecule has 5 heteroatoms. The van der Waals surface area contributed by atoms with Gasteiger partial charge in [0.15, 0.2) is 5.78 Å². The van der Waals surface area contributed by atoms with E-state index in [1.807, 2.05) is 18.2 Å². The number of fused-ring (bicyclic) bond motifs is 4. The molecule has 5 rings (SSSR count). The Morgan fingerprint density at radius 2 is 1.78 bits per heavy atom. The predicted molar refractivity (Wildman–Crippen MR) is 99.9 cm³/mol. The number of hydrogen-bond donors (Lipinski definition) is 2. The van der Waals surface area contributed by atoms with Crippen molar-refractivity contribution >= 4 is 16.9 Å². The van der Waals surface area contributed by atoms with E-state index in [0.717, 1.165) is 33.4 Å². The molecule has 3 aliphatic rings. The Hall–Kier alpha value is -2.63. The van der Waals surface area contributed by atoms with E-state index in [1.54, 1.807) is 26.4 Å². The van der Waals surface area contributed by atoms with Crippen molar-refractivity contribution in [1.82, 2.24) is 0 Å². The molecule has 27 heavy (non-hydrogen) atoms. The molecule has 0 amide bonds. The van der Waals surface area contributed by atoms with E-state index in [1.165, 1.54) is 0 Å². The van der Waals surface area contributed by atoms with Gasteiger partial charge in [-0.3, -0.25) is 4.79 Å². The van der Waals surface area contributed by atoms with Crippen molar-refractivity contribution in [3.05, 3.63) is 58.1 Å². The lowest BCUT2D eigenvalue weighted by Crippen LogP contribution is -2.34. The van der Waals surface area contributed by atoms with Crippen LogP contribution in [0.4, 0.5) is 0 Å². The van der Waals surface area contributed by atoms with Gasteiger partial charge in [0.25, 0.3) is 0 Å². The Kier molecular flexibility index (Phi) is 3.48. The van der Waals surface area contributed by atoms with E-state index < -0.39 is 6.10 Å². The smallest absolute Gasteiger partial charge is 0.167 e. The van der Waals surface area contributed by atoms with E-state index in [0.29, 0.717) is 18.4 Å². The van der Waals surface area contributed by atoms with Crippen molar-refractivity contribution in [1.29, 1.82) is 0 Å². The zero-order valence-corrected chi connectivity index (χ0v) is 15.2. The van der Waals surface area contributed by atoms with Crippen molar-refractivity contribution in [2.75, 3.05) is 14.2 Å². The van der Waals surface area contributed by atoms with Crippen molar-refractivity contribution in [3.8, 4) is 11.5 Å². The van der Waals surface area contributed by atoms with Gasteiger partial charge in [-0.2, -0.15) is 0 Å². The number of carbonyl (C=O) groups is 1. The molecule has 3 aliphatic carbocycles. The number of ketones is 1. The predicted octanol–water partition coefficient (Wildman–Crippen LogP) is 3.80. The molecule has 1 unspecified atom stereocenters. The molecular formula is C22H20O5. The molecule has 0 saturated carbocycles. The van der Waals surface area contributed by atoms with Gasteiger partial charge in [0.1, 0.15) is 17.6 Å². The van der Waals surface area contributed by atoms with Gasteiger partial charge in [-0.15, -0.1) is 0 Å². The number of methoxy groups -OCH3 is 2. The van der Waals surface area contributed by atoms with Crippen LogP contribution in [0.5, 0.6) is 11.5 Å². The minimum atomic E-state index is -0.430. The lowest BCUT2D eigenvalue weighted by molar-refractivity contribution is -0.0468. The van der Waals surface area contributed by atoms with Crippen LogP contribution < -0.4 is 0 Å². The molecule has 0 saturated heterocycles. The number of benzene rings is 2. The zero-order chi connectivity index (χ0) is 18.9. The number of Topliss-reactive ketones (excluding diaryl/α,β-unsaturated/α-hetero) is 1. The molecule has 2 aromatic carbocycles. The molecule has 3 atom stereocenters. The summed E-state index contributed by atoms with van der Waals surface area (Å²) in [5.74, 6) is 0.0766. The van der Waals surface area contributed by atoms with Crippen LogP contribution in [0.15, 0.2) is 30.3 Å². The molecular weight excluding hydrogens is 344 g/mol. The second-order valence-electron chi connectivity index (χ2n) is 7.31. The number of rotatable bonds is 2. The summed E-state index contributed by atoms with van der Waals surface area (Å²) in [5, 5.41) is 20.9. The maximum atomic E-state index is 12.5. The number of carbonyl (C=O) groups excluding carboxylic acids is 1. The number of ether oxygens (including phenoxy) is 2. The second kappa shape index (κ2) is 5.68. The van der Waals surface area contributed by atoms with Gasteiger partial charge in [0, 0.05) is 32.1 Å². The first-order chi connectivity index (χ1) is 13.1. The molecule has 0 spiro atoms. The number of phenols is 2. The van der Waals surface area contributed by atoms with Crippen LogP contribution in [0.3, 0.4) is 0 Å². The van der Waals surface area contributed by atoms with Crippen molar-refractivity contribution in [2.24, 2.45) is 0 Å². The summed E-state index contributed by atoms with van der Waals surface area (Å²) in [6.07, 6.45) is 0.223. The number of hydrogen-bond acceptors (Lipinski definition) is 5. The Morgan fingerprint density at radius 1 is 0.963 bits per heavy atom. The third-order valence-corrected chi connectivity index (χ3v) is 6.18. The first kappa shape index (κ1) is 16.5. The topological polar surface area (TPSA) is 76.0 Å². The van der Waals surface area contributed by atoms with Crippen LogP contribution in [0.2, 0.25) is 0 Å². The Bertz CT molecular complexity index is 1020. The highest BCUT2D eigenvalue weighted by molar-refractivity contribution is 6.14. The van der Waals surface area contributed by atoms with Gasteiger partial charge in [-0.1, -0.05) is 18.2 Å². The molecule has 0 fully saturated rings. The van der Waals surface area contributed by atoms with E-state index in [9.17, 15) is 15.0 Å². The van der Waals surface area contributed by atoms with Crippen LogP contribution in [-0.4, -0.2) is 36.3 Å². The lowest BCUT2D eigenvalue weighted by Gasteiger charge is -2.38. The highest BCUT2D eigenvalue weighted by Gasteiger charge is 2.49. The molecule has 0 radical (unpaired) electrons. The molecule has 138 valence electrons. The molecule has 0 heterocycles. The van der Waals surface area contributed by atoms with Crippen LogP contribution in [0, 0.1) is 0 Å². The quantitative estimate of drug-likeness (QED) is 0.848. The van der Waals surface area contributed by atoms with Crippen LogP contribution >= 0.6 is 0 Å². The van der Waals surface area contributed by atoms with Gasteiger partial charge in [-0.05, 0) is 46.4 Å². The van der Waals surface area contributed by atoms with Gasteiger partial charge < -0.3 is 19.7 Å². The first-order valence-electron chi connectivity index (χ1n) is 9.08. The van der Waals surface area contributed by atoms with Gasteiger partial charge in [0.2, 0.25) is 0 Å². The molecule has 0 aromatic heterocycles. The Morgan fingerprint density at radius 3 is 2.52 bits per heavy atom. The second-order valence-corrected chi connectivity index (χ2v) is 7.31. The van der Waals surface area contributed by atoms with Crippen molar-refractivity contribution in [2.45, 2.75) is 31.0 Å². The molecule has 0 bridgehead atoms. The maximum absolute atomic E-state index is 12.5. The van der Waals surface area contributed by atoms with Crippen LogP contribution in [0.1, 0.15) is 57.5 Å². The number of aromatic hydroxyl groups is 2. The normalized spacial score (nSPS) is 25.3. The minimum Gasteiger partial charge on any atom is -0.508 e. The summed E-state index contributed by atoms with van der Waals surface area (Å²) in [5.41, 5.74) is 6.07. The lowest BCUT2D eigenvalue weighted by atomic mass is 9.74.